The second-order valence-electron chi connectivity index (χ2n) is 7.05. The maximum atomic E-state index is 12.7. The molecule has 3 aromatic heterocycles. The van der Waals surface area contributed by atoms with Crippen LogP contribution < -0.4 is 5.32 Å². The molecule has 0 aliphatic heterocycles. The fourth-order valence-electron chi connectivity index (χ4n) is 3.47. The molecule has 0 unspecified atom stereocenters. The molecule has 0 saturated carbocycles. The fraction of sp³-hybridized carbons (Fsp3) is 0.286. The summed E-state index contributed by atoms with van der Waals surface area (Å²) in [6.45, 7) is 8.26. The minimum absolute atomic E-state index is 0.0456. The smallest absolute Gasteiger partial charge is 0.240 e. The zero-order chi connectivity index (χ0) is 19.8. The Balaban J connectivity index is 1.50. The van der Waals surface area contributed by atoms with Crippen molar-refractivity contribution in [3.8, 4) is 11.3 Å². The Bertz CT molecular complexity index is 1120. The number of hydrogen-bond donors (Lipinski definition) is 2. The molecular formula is C21H23N5OS. The molecule has 28 heavy (non-hydrogen) atoms. The zero-order valence-corrected chi connectivity index (χ0v) is 17.2. The van der Waals surface area contributed by atoms with Crippen molar-refractivity contribution in [2.24, 2.45) is 0 Å². The number of nitrogens with zero attached hydrogens (tertiary/aromatic N) is 3. The summed E-state index contributed by atoms with van der Waals surface area (Å²) in [5.74, 6) is 0.713. The Morgan fingerprint density at radius 3 is 2.75 bits per heavy atom. The number of benzene rings is 1. The molecule has 0 fully saturated rings. The predicted molar refractivity (Wildman–Crippen MR) is 112 cm³/mol. The average Bonchev–Trinajstić information content (AvgIpc) is 3.35. The Morgan fingerprint density at radius 1 is 1.25 bits per heavy atom. The topological polar surface area (TPSA) is 75.6 Å². The second-order valence-corrected chi connectivity index (χ2v) is 8.11. The van der Waals surface area contributed by atoms with Gasteiger partial charge in [-0.2, -0.15) is 0 Å². The lowest BCUT2D eigenvalue weighted by molar-refractivity contribution is -0.122. The van der Waals surface area contributed by atoms with Crippen LogP contribution in [0, 0.1) is 20.8 Å². The Hall–Kier alpha value is -2.93. The minimum Gasteiger partial charge on any atom is -0.345 e. The number of aromatic nitrogens is 4. The van der Waals surface area contributed by atoms with E-state index in [1.54, 1.807) is 11.3 Å². The number of nitrogens with one attached hydrogen (secondary N) is 2. The molecule has 0 saturated heterocycles. The van der Waals surface area contributed by atoms with Crippen molar-refractivity contribution in [2.45, 2.75) is 40.3 Å². The van der Waals surface area contributed by atoms with Crippen molar-refractivity contribution < 1.29 is 4.79 Å². The van der Waals surface area contributed by atoms with Crippen LogP contribution in [0.5, 0.6) is 0 Å². The average molecular weight is 394 g/mol. The molecule has 1 amide bonds. The Labute approximate surface area is 167 Å². The van der Waals surface area contributed by atoms with Crippen molar-refractivity contribution in [2.75, 3.05) is 0 Å². The lowest BCUT2D eigenvalue weighted by Crippen LogP contribution is -2.31. The van der Waals surface area contributed by atoms with E-state index in [4.69, 9.17) is 0 Å². The lowest BCUT2D eigenvalue weighted by atomic mass is 10.2. The number of carbonyl (C=O) groups is 1. The van der Waals surface area contributed by atoms with Crippen molar-refractivity contribution in [3.05, 3.63) is 57.9 Å². The normalized spacial score (nSPS) is 12.4. The van der Waals surface area contributed by atoms with E-state index >= 15 is 0 Å². The largest absolute Gasteiger partial charge is 0.345 e. The summed E-state index contributed by atoms with van der Waals surface area (Å²) in [5.41, 5.74) is 6.02. The summed E-state index contributed by atoms with van der Waals surface area (Å²) >= 11 is 1.63. The highest BCUT2D eigenvalue weighted by atomic mass is 32.1. The molecular weight excluding hydrogens is 370 g/mol. The van der Waals surface area contributed by atoms with Crippen LogP contribution in [0.4, 0.5) is 0 Å². The van der Waals surface area contributed by atoms with Crippen LogP contribution >= 0.6 is 11.3 Å². The number of para-hydroxylation sites is 2. The van der Waals surface area contributed by atoms with E-state index in [1.807, 2.05) is 56.5 Å². The molecule has 0 spiro atoms. The summed E-state index contributed by atoms with van der Waals surface area (Å²) in [4.78, 5) is 25.1. The van der Waals surface area contributed by atoms with Gasteiger partial charge < -0.3 is 14.9 Å². The highest BCUT2D eigenvalue weighted by Gasteiger charge is 2.17. The molecule has 0 bridgehead atoms. The number of H-pyrrole nitrogens is 1. The van der Waals surface area contributed by atoms with Crippen molar-refractivity contribution in [1.82, 2.24) is 24.8 Å². The molecule has 4 rings (SSSR count). The number of hydrogen-bond acceptors (Lipinski definition) is 4. The third-order valence-corrected chi connectivity index (χ3v) is 5.74. The van der Waals surface area contributed by atoms with Gasteiger partial charge in [0.2, 0.25) is 5.91 Å². The molecule has 7 heteroatoms. The molecule has 0 aliphatic carbocycles. The van der Waals surface area contributed by atoms with Gasteiger partial charge in [-0.1, -0.05) is 12.1 Å². The van der Waals surface area contributed by atoms with E-state index in [0.29, 0.717) is 0 Å². The van der Waals surface area contributed by atoms with Crippen molar-refractivity contribution in [1.29, 1.82) is 0 Å². The number of fused-ring (bicyclic) bond motifs is 1. The summed E-state index contributed by atoms with van der Waals surface area (Å²) in [6.07, 6.45) is 0. The second kappa shape index (κ2) is 7.24. The van der Waals surface area contributed by atoms with Gasteiger partial charge in [-0.3, -0.25) is 4.79 Å². The first-order valence-electron chi connectivity index (χ1n) is 9.25. The van der Waals surface area contributed by atoms with E-state index in [1.165, 1.54) is 0 Å². The lowest BCUT2D eigenvalue weighted by Gasteiger charge is -2.14. The van der Waals surface area contributed by atoms with Gasteiger partial charge in [-0.05, 0) is 45.9 Å². The molecule has 1 aromatic carbocycles. The first kappa shape index (κ1) is 18.4. The fourth-order valence-corrected chi connectivity index (χ4v) is 4.08. The van der Waals surface area contributed by atoms with E-state index in [-0.39, 0.29) is 18.5 Å². The van der Waals surface area contributed by atoms with E-state index < -0.39 is 0 Å². The van der Waals surface area contributed by atoms with E-state index in [0.717, 1.165) is 44.5 Å². The monoisotopic (exact) mass is 393 g/mol. The summed E-state index contributed by atoms with van der Waals surface area (Å²) < 4.78 is 2.03. The van der Waals surface area contributed by atoms with Crippen LogP contribution in [0.15, 0.2) is 35.7 Å². The Kier molecular flexibility index (Phi) is 4.77. The van der Waals surface area contributed by atoms with Gasteiger partial charge in [-0.15, -0.1) is 11.3 Å². The van der Waals surface area contributed by atoms with Crippen LogP contribution in [0.3, 0.4) is 0 Å². The van der Waals surface area contributed by atoms with E-state index in [2.05, 4.69) is 31.7 Å². The Morgan fingerprint density at radius 2 is 2.04 bits per heavy atom. The first-order chi connectivity index (χ1) is 13.4. The minimum atomic E-state index is -0.197. The van der Waals surface area contributed by atoms with Gasteiger partial charge in [0.1, 0.15) is 12.4 Å². The van der Waals surface area contributed by atoms with Crippen LogP contribution in [0.25, 0.3) is 22.3 Å². The number of amides is 1. The van der Waals surface area contributed by atoms with Gasteiger partial charge >= 0.3 is 0 Å². The van der Waals surface area contributed by atoms with E-state index in [9.17, 15) is 4.79 Å². The first-order valence-corrected chi connectivity index (χ1v) is 10.1. The van der Waals surface area contributed by atoms with Gasteiger partial charge in [0, 0.05) is 22.3 Å². The molecule has 2 N–H and O–H groups in total. The van der Waals surface area contributed by atoms with Gasteiger partial charge in [-0.25, -0.2) is 9.97 Å². The number of carbonyl (C=O) groups excluding carboxylic acids is 1. The number of aryl methyl sites for hydroxylation is 2. The summed E-state index contributed by atoms with van der Waals surface area (Å²) in [6, 6.07) is 9.76. The van der Waals surface area contributed by atoms with Crippen molar-refractivity contribution in [3.63, 3.8) is 0 Å². The predicted octanol–water partition coefficient (Wildman–Crippen LogP) is 4.29. The maximum Gasteiger partial charge on any atom is 0.240 e. The molecule has 0 radical (unpaired) electrons. The summed E-state index contributed by atoms with van der Waals surface area (Å²) in [7, 11) is 0. The third-order valence-electron chi connectivity index (χ3n) is 4.97. The van der Waals surface area contributed by atoms with Crippen LogP contribution in [0.2, 0.25) is 0 Å². The van der Waals surface area contributed by atoms with Crippen molar-refractivity contribution >= 4 is 28.3 Å². The molecule has 1 atom stereocenters. The van der Waals surface area contributed by atoms with Crippen LogP contribution in [-0.4, -0.2) is 25.4 Å². The third kappa shape index (κ3) is 3.45. The van der Waals surface area contributed by atoms with Crippen LogP contribution in [-0.2, 0) is 11.3 Å². The number of imidazole rings is 1. The highest BCUT2D eigenvalue weighted by molar-refractivity contribution is 7.09. The molecule has 144 valence electrons. The molecule has 0 aliphatic rings. The summed E-state index contributed by atoms with van der Waals surface area (Å²) in [5, 5.41) is 6.15. The molecule has 4 aromatic rings. The van der Waals surface area contributed by atoms with Crippen LogP contribution in [0.1, 0.15) is 35.2 Å². The number of rotatable bonds is 5. The molecule has 6 nitrogen and oxygen atoms in total. The highest BCUT2D eigenvalue weighted by Crippen LogP contribution is 2.28. The van der Waals surface area contributed by atoms with Gasteiger partial charge in [0.15, 0.2) is 0 Å². The van der Waals surface area contributed by atoms with Gasteiger partial charge in [0.25, 0.3) is 0 Å². The SMILES string of the molecule is Cc1nc(-c2cc(C)n(CC(=O)N[C@@H](C)c3nc4ccccc4[nH]3)c2C)cs1. The molecule has 3 heterocycles. The zero-order valence-electron chi connectivity index (χ0n) is 16.4. The standard InChI is InChI=1S/C21H23N5OS/c1-12-9-16(19-11-28-15(4)23-19)14(3)26(12)10-20(27)22-13(2)21-24-17-7-5-6-8-18(17)25-21/h5-9,11,13H,10H2,1-4H3,(H,22,27)(H,24,25)/t13-/m0/s1. The number of aromatic amines is 1. The van der Waals surface area contributed by atoms with Gasteiger partial charge in [0.05, 0.1) is 27.8 Å². The quantitative estimate of drug-likeness (QED) is 0.531. The maximum absolute atomic E-state index is 12.7. The number of thiazole rings is 1.